The largest absolute Gasteiger partial charge is 0.506 e. The molecule has 1 aromatic rings. The molecule has 2 aliphatic rings. The third-order valence-corrected chi connectivity index (χ3v) is 6.18. The van der Waals surface area contributed by atoms with Crippen molar-refractivity contribution in [3.63, 3.8) is 0 Å². The molecule has 5 nitrogen and oxygen atoms in total. The molecule has 0 aromatic heterocycles. The monoisotopic (exact) mass is 386 g/mol. The van der Waals surface area contributed by atoms with Crippen molar-refractivity contribution in [1.82, 2.24) is 9.80 Å². The lowest BCUT2D eigenvalue weighted by Crippen LogP contribution is -2.60. The summed E-state index contributed by atoms with van der Waals surface area (Å²) in [4.78, 5) is 17.3. The lowest BCUT2D eigenvalue weighted by Gasteiger charge is -2.44. The van der Waals surface area contributed by atoms with E-state index >= 15 is 0 Å². The van der Waals surface area contributed by atoms with Crippen molar-refractivity contribution >= 4 is 29.1 Å². The minimum atomic E-state index is -0.482. The fourth-order valence-corrected chi connectivity index (χ4v) is 4.58. The first kappa shape index (κ1) is 18.8. The SMILES string of the molecule is COCCN1CCCC2(CCCN2Cc2c(Cl)ccc(O)c2Cl)C1=O. The first-order chi connectivity index (χ1) is 12.0. The van der Waals surface area contributed by atoms with Gasteiger partial charge in [-0.3, -0.25) is 9.69 Å². The number of phenols is 1. The van der Waals surface area contributed by atoms with Gasteiger partial charge in [-0.05, 0) is 44.4 Å². The summed E-state index contributed by atoms with van der Waals surface area (Å²) < 4.78 is 5.14. The van der Waals surface area contributed by atoms with E-state index < -0.39 is 5.54 Å². The lowest BCUT2D eigenvalue weighted by molar-refractivity contribution is -0.148. The van der Waals surface area contributed by atoms with Crippen LogP contribution in [0.3, 0.4) is 0 Å². The van der Waals surface area contributed by atoms with E-state index in [2.05, 4.69) is 4.90 Å². The number of carbonyl (C=O) groups excluding carboxylic acids is 1. The average molecular weight is 387 g/mol. The zero-order valence-electron chi connectivity index (χ0n) is 14.4. The number of hydrogen-bond donors (Lipinski definition) is 1. The fourth-order valence-electron chi connectivity index (χ4n) is 4.09. The van der Waals surface area contributed by atoms with Gasteiger partial charge in [0.05, 0.1) is 11.6 Å². The first-order valence-corrected chi connectivity index (χ1v) is 9.44. The smallest absolute Gasteiger partial charge is 0.243 e. The topological polar surface area (TPSA) is 53.0 Å². The number of amides is 1. The highest BCUT2D eigenvalue weighted by Crippen LogP contribution is 2.41. The van der Waals surface area contributed by atoms with Gasteiger partial charge in [0.1, 0.15) is 11.3 Å². The Labute approximate surface area is 158 Å². The molecular weight excluding hydrogens is 363 g/mol. The van der Waals surface area contributed by atoms with E-state index in [4.69, 9.17) is 27.9 Å². The fraction of sp³-hybridized carbons (Fsp3) is 0.611. The van der Waals surface area contributed by atoms with E-state index in [9.17, 15) is 9.90 Å². The van der Waals surface area contributed by atoms with E-state index in [1.54, 1.807) is 13.2 Å². The Bertz CT molecular complexity index is 655. The van der Waals surface area contributed by atoms with Crippen LogP contribution in [-0.2, 0) is 16.1 Å². The zero-order chi connectivity index (χ0) is 18.0. The number of ether oxygens (including phenoxy) is 1. The van der Waals surface area contributed by atoms with Crippen LogP contribution in [0.15, 0.2) is 12.1 Å². The molecule has 138 valence electrons. The van der Waals surface area contributed by atoms with Gasteiger partial charge in [-0.15, -0.1) is 0 Å². The van der Waals surface area contributed by atoms with Gasteiger partial charge in [0, 0.05) is 37.3 Å². The number of aromatic hydroxyl groups is 1. The molecule has 1 unspecified atom stereocenters. The number of benzene rings is 1. The van der Waals surface area contributed by atoms with Crippen LogP contribution in [0.1, 0.15) is 31.2 Å². The molecular formula is C18H24Cl2N2O3. The van der Waals surface area contributed by atoms with Crippen LogP contribution in [0.4, 0.5) is 0 Å². The average Bonchev–Trinajstić information content (AvgIpc) is 3.00. The van der Waals surface area contributed by atoms with Gasteiger partial charge in [0.25, 0.3) is 0 Å². The van der Waals surface area contributed by atoms with Gasteiger partial charge in [-0.2, -0.15) is 0 Å². The Kier molecular flexibility index (Phi) is 5.78. The van der Waals surface area contributed by atoms with Crippen molar-refractivity contribution in [2.75, 3.05) is 33.4 Å². The molecule has 25 heavy (non-hydrogen) atoms. The summed E-state index contributed by atoms with van der Waals surface area (Å²) in [5.74, 6) is 0.201. The van der Waals surface area contributed by atoms with E-state index in [0.29, 0.717) is 30.3 Å². The second-order valence-corrected chi connectivity index (χ2v) is 7.59. The van der Waals surface area contributed by atoms with Gasteiger partial charge in [-0.25, -0.2) is 0 Å². The normalized spacial score (nSPS) is 24.4. The number of hydrogen-bond acceptors (Lipinski definition) is 4. The van der Waals surface area contributed by atoms with E-state index in [-0.39, 0.29) is 16.7 Å². The molecule has 0 radical (unpaired) electrons. The van der Waals surface area contributed by atoms with Gasteiger partial charge in [0.2, 0.25) is 5.91 Å². The maximum absolute atomic E-state index is 13.2. The van der Waals surface area contributed by atoms with Crippen LogP contribution >= 0.6 is 23.2 Å². The summed E-state index contributed by atoms with van der Waals surface area (Å²) in [6.07, 6.45) is 3.65. The van der Waals surface area contributed by atoms with Crippen molar-refractivity contribution in [3.05, 3.63) is 27.7 Å². The minimum Gasteiger partial charge on any atom is -0.506 e. The number of methoxy groups -OCH3 is 1. The standard InChI is InChI=1S/C18H24Cl2N2O3/c1-25-11-10-21-8-2-6-18(17(21)24)7-3-9-22(18)12-13-14(19)4-5-15(23)16(13)20/h4-5,23H,2-3,6-12H2,1H3. The van der Waals surface area contributed by atoms with Crippen LogP contribution in [0.5, 0.6) is 5.75 Å². The second-order valence-electron chi connectivity index (χ2n) is 6.80. The van der Waals surface area contributed by atoms with Gasteiger partial charge < -0.3 is 14.7 Å². The maximum atomic E-state index is 13.2. The number of likely N-dealkylation sites (tertiary alicyclic amines) is 2. The Morgan fingerprint density at radius 1 is 1.24 bits per heavy atom. The number of piperidine rings is 1. The Balaban J connectivity index is 1.85. The van der Waals surface area contributed by atoms with Gasteiger partial charge >= 0.3 is 0 Å². The molecule has 1 amide bonds. The molecule has 1 aromatic carbocycles. The van der Waals surface area contributed by atoms with E-state index in [1.807, 2.05) is 4.90 Å². The lowest BCUT2D eigenvalue weighted by atomic mass is 9.85. The number of carbonyl (C=O) groups is 1. The van der Waals surface area contributed by atoms with Gasteiger partial charge in [0.15, 0.2) is 0 Å². The molecule has 2 aliphatic heterocycles. The molecule has 0 saturated carbocycles. The Hall–Kier alpha value is -1.01. The van der Waals surface area contributed by atoms with Gasteiger partial charge in [-0.1, -0.05) is 23.2 Å². The van der Waals surface area contributed by atoms with Crippen molar-refractivity contribution < 1.29 is 14.6 Å². The first-order valence-electron chi connectivity index (χ1n) is 8.69. The van der Waals surface area contributed by atoms with Crippen molar-refractivity contribution in [1.29, 1.82) is 0 Å². The quantitative estimate of drug-likeness (QED) is 0.843. The molecule has 0 aliphatic carbocycles. The third kappa shape index (κ3) is 3.47. The van der Waals surface area contributed by atoms with Crippen molar-refractivity contribution in [3.8, 4) is 5.75 Å². The molecule has 2 saturated heterocycles. The highest BCUT2D eigenvalue weighted by atomic mass is 35.5. The summed E-state index contributed by atoms with van der Waals surface area (Å²) in [7, 11) is 1.65. The minimum absolute atomic E-state index is 0.0194. The van der Waals surface area contributed by atoms with Crippen LogP contribution in [0.2, 0.25) is 10.0 Å². The van der Waals surface area contributed by atoms with E-state index in [1.165, 1.54) is 6.07 Å². The highest BCUT2D eigenvalue weighted by Gasteiger charge is 2.50. The van der Waals surface area contributed by atoms with Crippen molar-refractivity contribution in [2.45, 2.75) is 37.8 Å². The molecule has 7 heteroatoms. The highest BCUT2D eigenvalue weighted by molar-refractivity contribution is 6.36. The second kappa shape index (κ2) is 7.70. The summed E-state index contributed by atoms with van der Waals surface area (Å²) in [5.41, 5.74) is 0.204. The van der Waals surface area contributed by atoms with Crippen LogP contribution < -0.4 is 0 Å². The summed E-state index contributed by atoms with van der Waals surface area (Å²) in [6.45, 7) is 3.25. The molecule has 1 atom stereocenters. The summed E-state index contributed by atoms with van der Waals surface area (Å²) >= 11 is 12.6. The molecule has 3 rings (SSSR count). The predicted molar refractivity (Wildman–Crippen MR) is 98.2 cm³/mol. The van der Waals surface area contributed by atoms with Crippen LogP contribution in [0.25, 0.3) is 0 Å². The third-order valence-electron chi connectivity index (χ3n) is 5.41. The van der Waals surface area contributed by atoms with E-state index in [0.717, 1.165) is 38.8 Å². The predicted octanol–water partition coefficient (Wildman–Crippen LogP) is 3.30. The zero-order valence-corrected chi connectivity index (χ0v) is 15.9. The number of rotatable bonds is 5. The van der Waals surface area contributed by atoms with Crippen molar-refractivity contribution in [2.24, 2.45) is 0 Å². The number of halogens is 2. The molecule has 2 heterocycles. The summed E-state index contributed by atoms with van der Waals surface area (Å²) in [6, 6.07) is 3.14. The number of phenolic OH excluding ortho intramolecular Hbond substituents is 1. The number of nitrogens with zero attached hydrogens (tertiary/aromatic N) is 2. The molecule has 2 fully saturated rings. The molecule has 1 spiro atoms. The van der Waals surface area contributed by atoms with Crippen LogP contribution in [-0.4, -0.2) is 59.7 Å². The molecule has 0 bridgehead atoms. The maximum Gasteiger partial charge on any atom is 0.243 e. The Morgan fingerprint density at radius 3 is 2.68 bits per heavy atom. The Morgan fingerprint density at radius 2 is 1.96 bits per heavy atom. The molecule has 1 N–H and O–H groups in total. The van der Waals surface area contributed by atoms with Crippen LogP contribution in [0, 0.1) is 0 Å². The summed E-state index contributed by atoms with van der Waals surface area (Å²) in [5, 5.41) is 10.7.